The van der Waals surface area contributed by atoms with Gasteiger partial charge in [0.2, 0.25) is 0 Å². The Balaban J connectivity index is 1.89. The third kappa shape index (κ3) is 4.76. The Morgan fingerprint density at radius 1 is 1.09 bits per heavy atom. The summed E-state index contributed by atoms with van der Waals surface area (Å²) in [4.78, 5) is 20.3. The first-order chi connectivity index (χ1) is 15.8. The highest BCUT2D eigenvalue weighted by molar-refractivity contribution is 6.05. The highest BCUT2D eigenvalue weighted by Gasteiger charge is 2.44. The molecule has 4 rings (SSSR count). The number of aromatic hydroxyl groups is 2. The summed E-state index contributed by atoms with van der Waals surface area (Å²) in [6, 6.07) is 17.1. The number of Topliss-reactive ketones (excluding diaryl/α,β-unsaturated/α-hetero) is 1. The number of ketones is 1. The minimum absolute atomic E-state index is 0.0329. The number of pyridine rings is 1. The van der Waals surface area contributed by atoms with Gasteiger partial charge < -0.3 is 14.9 Å². The van der Waals surface area contributed by atoms with Gasteiger partial charge in [0.15, 0.2) is 5.78 Å². The van der Waals surface area contributed by atoms with E-state index in [2.05, 4.69) is 9.88 Å². The molecule has 3 aromatic rings. The van der Waals surface area contributed by atoms with E-state index in [9.17, 15) is 15.0 Å². The lowest BCUT2D eigenvalue weighted by Gasteiger charge is -2.44. The molecule has 1 saturated heterocycles. The molecular formula is C27H28N2O4. The fourth-order valence-electron chi connectivity index (χ4n) is 4.43. The van der Waals surface area contributed by atoms with Crippen molar-refractivity contribution in [3.05, 3.63) is 89.3 Å². The maximum atomic E-state index is 13.7. The largest absolute Gasteiger partial charge is 0.508 e. The molecule has 1 aliphatic rings. The van der Waals surface area contributed by atoms with E-state index in [0.717, 1.165) is 5.56 Å². The van der Waals surface area contributed by atoms with Crippen LogP contribution in [-0.2, 0) is 11.3 Å². The molecule has 1 fully saturated rings. The quantitative estimate of drug-likeness (QED) is 0.553. The molecule has 0 radical (unpaired) electrons. The first kappa shape index (κ1) is 22.6. The average Bonchev–Trinajstić information content (AvgIpc) is 2.79. The third-order valence-electron chi connectivity index (χ3n) is 5.96. The van der Waals surface area contributed by atoms with Crippen molar-refractivity contribution in [2.45, 2.75) is 26.4 Å². The minimum Gasteiger partial charge on any atom is -0.508 e. The van der Waals surface area contributed by atoms with Crippen LogP contribution in [0.3, 0.4) is 0 Å². The van der Waals surface area contributed by atoms with Gasteiger partial charge in [0.25, 0.3) is 0 Å². The maximum Gasteiger partial charge on any atom is 0.167 e. The molecule has 6 heteroatoms. The number of nitrogens with zero attached hydrogens (tertiary/aromatic N) is 2. The van der Waals surface area contributed by atoms with Crippen LogP contribution in [0.2, 0.25) is 0 Å². The second-order valence-electron chi connectivity index (χ2n) is 8.97. The van der Waals surface area contributed by atoms with Gasteiger partial charge >= 0.3 is 0 Å². The second-order valence-corrected chi connectivity index (χ2v) is 8.97. The van der Waals surface area contributed by atoms with Crippen LogP contribution < -0.4 is 4.74 Å². The summed E-state index contributed by atoms with van der Waals surface area (Å²) >= 11 is 0. The summed E-state index contributed by atoms with van der Waals surface area (Å²) in [5, 5.41) is 20.0. The molecule has 2 heterocycles. The van der Waals surface area contributed by atoms with Crippen LogP contribution in [0.15, 0.2) is 72.4 Å². The standard InChI is InChI=1S/C27H28N2O4/c1-27(2)17-29(16-18-7-9-20(30)10-8-18)25(22-15-21(31)11-12-24(22)33-3)23(26(27)32)14-19-6-4-5-13-28-19/h4-15,25,30-31H,16-17H2,1-3H3. The van der Waals surface area contributed by atoms with Gasteiger partial charge in [0.1, 0.15) is 17.2 Å². The Hall–Kier alpha value is -3.64. The summed E-state index contributed by atoms with van der Waals surface area (Å²) in [5.41, 5.74) is 2.36. The van der Waals surface area contributed by atoms with Crippen LogP contribution in [0, 0.1) is 5.41 Å². The van der Waals surface area contributed by atoms with E-state index in [1.807, 2.05) is 50.3 Å². The zero-order chi connectivity index (χ0) is 23.6. The third-order valence-corrected chi connectivity index (χ3v) is 5.96. The number of piperidine rings is 1. The summed E-state index contributed by atoms with van der Waals surface area (Å²) < 4.78 is 5.63. The molecule has 1 aliphatic heterocycles. The summed E-state index contributed by atoms with van der Waals surface area (Å²) in [7, 11) is 1.58. The fourth-order valence-corrected chi connectivity index (χ4v) is 4.43. The van der Waals surface area contributed by atoms with Crippen LogP contribution in [0.25, 0.3) is 6.08 Å². The summed E-state index contributed by atoms with van der Waals surface area (Å²) in [6.45, 7) is 4.94. The lowest BCUT2D eigenvalue weighted by molar-refractivity contribution is -0.128. The van der Waals surface area contributed by atoms with E-state index in [-0.39, 0.29) is 17.3 Å². The SMILES string of the molecule is COc1ccc(O)cc1C1C(=Cc2ccccn2)C(=O)C(C)(C)CN1Cc1ccc(O)cc1. The van der Waals surface area contributed by atoms with Gasteiger partial charge in [-0.15, -0.1) is 0 Å². The number of carbonyl (C=O) groups excluding carboxylic acids is 1. The Kier molecular flexibility index (Phi) is 6.20. The molecule has 33 heavy (non-hydrogen) atoms. The molecule has 0 saturated carbocycles. The van der Waals surface area contributed by atoms with Crippen molar-refractivity contribution in [3.63, 3.8) is 0 Å². The number of ether oxygens (including phenoxy) is 1. The second kappa shape index (κ2) is 9.08. The molecule has 170 valence electrons. The van der Waals surface area contributed by atoms with Crippen molar-refractivity contribution in [3.8, 4) is 17.2 Å². The van der Waals surface area contributed by atoms with Crippen LogP contribution in [-0.4, -0.2) is 39.5 Å². The number of phenolic OH excluding ortho intramolecular Hbond substituents is 2. The number of hydrogen-bond donors (Lipinski definition) is 2. The number of rotatable bonds is 5. The molecule has 0 spiro atoms. The molecular weight excluding hydrogens is 416 g/mol. The zero-order valence-electron chi connectivity index (χ0n) is 19.0. The Labute approximate surface area is 193 Å². The van der Waals surface area contributed by atoms with Gasteiger partial charge in [0, 0.05) is 35.8 Å². The van der Waals surface area contributed by atoms with Gasteiger partial charge in [-0.1, -0.05) is 32.0 Å². The van der Waals surface area contributed by atoms with Crippen molar-refractivity contribution in [2.24, 2.45) is 5.41 Å². The van der Waals surface area contributed by atoms with Crippen LogP contribution >= 0.6 is 0 Å². The number of aromatic nitrogens is 1. The number of carbonyl (C=O) groups is 1. The first-order valence-electron chi connectivity index (χ1n) is 10.8. The Morgan fingerprint density at radius 2 is 1.82 bits per heavy atom. The van der Waals surface area contributed by atoms with Crippen molar-refractivity contribution >= 4 is 11.9 Å². The summed E-state index contributed by atoms with van der Waals surface area (Å²) in [5.74, 6) is 0.929. The van der Waals surface area contributed by atoms with E-state index in [1.165, 1.54) is 0 Å². The minimum atomic E-state index is -0.627. The molecule has 1 aromatic heterocycles. The van der Waals surface area contributed by atoms with Gasteiger partial charge in [-0.05, 0) is 54.1 Å². The van der Waals surface area contributed by atoms with E-state index < -0.39 is 11.5 Å². The smallest absolute Gasteiger partial charge is 0.167 e. The number of likely N-dealkylation sites (tertiary alicyclic amines) is 1. The first-order valence-corrected chi connectivity index (χ1v) is 10.8. The highest BCUT2D eigenvalue weighted by atomic mass is 16.5. The van der Waals surface area contributed by atoms with Crippen LogP contribution in [0.1, 0.15) is 36.7 Å². The van der Waals surface area contributed by atoms with Crippen molar-refractivity contribution < 1.29 is 19.7 Å². The molecule has 0 amide bonds. The zero-order valence-corrected chi connectivity index (χ0v) is 19.0. The predicted octanol–water partition coefficient (Wildman–Crippen LogP) is 4.74. The average molecular weight is 445 g/mol. The van der Waals surface area contributed by atoms with Crippen LogP contribution in [0.4, 0.5) is 0 Å². The van der Waals surface area contributed by atoms with Crippen molar-refractivity contribution in [1.29, 1.82) is 0 Å². The number of benzene rings is 2. The van der Waals surface area contributed by atoms with Gasteiger partial charge in [0.05, 0.1) is 18.8 Å². The molecule has 2 aromatic carbocycles. The van der Waals surface area contributed by atoms with E-state index in [1.54, 1.807) is 43.6 Å². The van der Waals surface area contributed by atoms with Crippen molar-refractivity contribution in [2.75, 3.05) is 13.7 Å². The Bertz CT molecular complexity index is 1170. The van der Waals surface area contributed by atoms with E-state index >= 15 is 0 Å². The molecule has 1 atom stereocenters. The highest BCUT2D eigenvalue weighted by Crippen LogP contribution is 2.45. The number of hydrogen-bond acceptors (Lipinski definition) is 6. The van der Waals surface area contributed by atoms with E-state index in [0.29, 0.717) is 35.7 Å². The molecule has 0 bridgehead atoms. The Morgan fingerprint density at radius 3 is 2.48 bits per heavy atom. The fraction of sp³-hybridized carbons (Fsp3) is 0.259. The lowest BCUT2D eigenvalue weighted by atomic mass is 9.74. The topological polar surface area (TPSA) is 82.9 Å². The van der Waals surface area contributed by atoms with Crippen LogP contribution in [0.5, 0.6) is 17.2 Å². The number of phenols is 2. The lowest BCUT2D eigenvalue weighted by Crippen LogP contribution is -2.49. The monoisotopic (exact) mass is 444 g/mol. The normalized spacial score (nSPS) is 19.5. The van der Waals surface area contributed by atoms with Crippen molar-refractivity contribution in [1.82, 2.24) is 9.88 Å². The maximum absolute atomic E-state index is 13.7. The summed E-state index contributed by atoms with van der Waals surface area (Å²) in [6.07, 6.45) is 3.53. The molecule has 6 nitrogen and oxygen atoms in total. The molecule has 2 N–H and O–H groups in total. The van der Waals surface area contributed by atoms with Gasteiger partial charge in [-0.2, -0.15) is 0 Å². The predicted molar refractivity (Wildman–Crippen MR) is 127 cm³/mol. The molecule has 1 unspecified atom stereocenters. The van der Waals surface area contributed by atoms with Gasteiger partial charge in [-0.25, -0.2) is 0 Å². The van der Waals surface area contributed by atoms with E-state index in [4.69, 9.17) is 4.74 Å². The number of methoxy groups -OCH3 is 1. The van der Waals surface area contributed by atoms with Gasteiger partial charge in [-0.3, -0.25) is 14.7 Å². The molecule has 0 aliphatic carbocycles.